The molecule has 1 aliphatic rings. The monoisotopic (exact) mass is 273 g/mol. The molecule has 15 heavy (non-hydrogen) atoms. The molecule has 84 valence electrons. The Hall–Kier alpha value is -0.390. The number of ether oxygens (including phenoxy) is 1. The van der Waals surface area contributed by atoms with E-state index in [1.165, 1.54) is 5.69 Å². The molecule has 0 saturated carbocycles. The molecule has 1 aromatic rings. The van der Waals surface area contributed by atoms with Gasteiger partial charge in [-0.3, -0.25) is 4.68 Å². The summed E-state index contributed by atoms with van der Waals surface area (Å²) in [5.74, 6) is 0.547. The van der Waals surface area contributed by atoms with Crippen LogP contribution in [0.15, 0.2) is 4.47 Å². The fraction of sp³-hybridized carbons (Fsp3) is 0.700. The lowest BCUT2D eigenvalue weighted by molar-refractivity contribution is 0.0836. The van der Waals surface area contributed by atoms with Crippen LogP contribution in [-0.4, -0.2) is 23.0 Å². The summed E-state index contributed by atoms with van der Waals surface area (Å²) in [4.78, 5) is 0. The van der Waals surface area contributed by atoms with E-state index in [9.17, 15) is 0 Å². The third-order valence-corrected chi connectivity index (χ3v) is 3.76. The third-order valence-electron chi connectivity index (χ3n) is 2.90. The van der Waals surface area contributed by atoms with Gasteiger partial charge in [-0.2, -0.15) is 5.10 Å². The topological polar surface area (TPSA) is 53.1 Å². The smallest absolute Gasteiger partial charge is 0.0905 e. The summed E-state index contributed by atoms with van der Waals surface area (Å²) < 4.78 is 8.39. The van der Waals surface area contributed by atoms with E-state index in [4.69, 9.17) is 10.5 Å². The van der Waals surface area contributed by atoms with Gasteiger partial charge in [-0.1, -0.05) is 0 Å². The van der Waals surface area contributed by atoms with Crippen molar-refractivity contribution < 1.29 is 4.74 Å². The van der Waals surface area contributed by atoms with Crippen LogP contribution in [0.25, 0.3) is 0 Å². The predicted octanol–water partition coefficient (Wildman–Crippen LogP) is 1.54. The highest BCUT2D eigenvalue weighted by molar-refractivity contribution is 9.10. The molecule has 5 heteroatoms. The Bertz CT molecular complexity index is 345. The van der Waals surface area contributed by atoms with Gasteiger partial charge in [-0.25, -0.2) is 0 Å². The van der Waals surface area contributed by atoms with Crippen LogP contribution in [-0.2, 0) is 18.3 Å². The molecule has 1 aromatic heterocycles. The quantitative estimate of drug-likeness (QED) is 0.890. The van der Waals surface area contributed by atoms with Gasteiger partial charge in [-0.05, 0) is 28.8 Å². The van der Waals surface area contributed by atoms with Gasteiger partial charge < -0.3 is 10.5 Å². The van der Waals surface area contributed by atoms with Gasteiger partial charge in [0, 0.05) is 32.7 Å². The van der Waals surface area contributed by atoms with Crippen LogP contribution in [0.2, 0.25) is 0 Å². The van der Waals surface area contributed by atoms with Gasteiger partial charge in [-0.15, -0.1) is 0 Å². The first-order valence-corrected chi connectivity index (χ1v) is 6.02. The van der Waals surface area contributed by atoms with Crippen LogP contribution in [0.1, 0.15) is 30.1 Å². The highest BCUT2D eigenvalue weighted by Gasteiger charge is 2.23. The van der Waals surface area contributed by atoms with Gasteiger partial charge in [0.25, 0.3) is 0 Å². The van der Waals surface area contributed by atoms with Gasteiger partial charge in [0.15, 0.2) is 0 Å². The normalized spacial score (nSPS) is 18.3. The Morgan fingerprint density at radius 1 is 1.53 bits per heavy atom. The van der Waals surface area contributed by atoms with Crippen LogP contribution in [0.4, 0.5) is 0 Å². The van der Waals surface area contributed by atoms with E-state index >= 15 is 0 Å². The summed E-state index contributed by atoms with van der Waals surface area (Å²) in [5.41, 5.74) is 7.84. The standard InChI is InChI=1S/C10H16BrN3O/c1-14-10(7-2-4-15-5-3-7)9(11)8(6-12)13-14/h7H,2-6,12H2,1H3. The Morgan fingerprint density at radius 2 is 2.20 bits per heavy atom. The summed E-state index contributed by atoms with van der Waals surface area (Å²) >= 11 is 3.59. The van der Waals surface area contributed by atoms with Crippen molar-refractivity contribution in [3.8, 4) is 0 Å². The number of aromatic nitrogens is 2. The van der Waals surface area contributed by atoms with Crippen molar-refractivity contribution in [1.29, 1.82) is 0 Å². The second-order valence-corrected chi connectivity index (χ2v) is 4.65. The van der Waals surface area contributed by atoms with Gasteiger partial charge >= 0.3 is 0 Å². The molecule has 0 unspecified atom stereocenters. The van der Waals surface area contributed by atoms with Crippen molar-refractivity contribution in [3.05, 3.63) is 15.9 Å². The fourth-order valence-electron chi connectivity index (χ4n) is 2.11. The van der Waals surface area contributed by atoms with Crippen LogP contribution in [0.5, 0.6) is 0 Å². The Labute approximate surface area is 97.9 Å². The highest BCUT2D eigenvalue weighted by Crippen LogP contribution is 2.33. The summed E-state index contributed by atoms with van der Waals surface area (Å²) in [6, 6.07) is 0. The summed E-state index contributed by atoms with van der Waals surface area (Å²) in [7, 11) is 1.98. The zero-order valence-electron chi connectivity index (χ0n) is 8.87. The highest BCUT2D eigenvalue weighted by atomic mass is 79.9. The number of halogens is 1. The number of nitrogens with zero attached hydrogens (tertiary/aromatic N) is 2. The van der Waals surface area contributed by atoms with E-state index in [1.807, 2.05) is 11.7 Å². The van der Waals surface area contributed by atoms with E-state index in [0.717, 1.165) is 36.2 Å². The zero-order chi connectivity index (χ0) is 10.8. The summed E-state index contributed by atoms with van der Waals surface area (Å²) in [6.45, 7) is 2.18. The lowest BCUT2D eigenvalue weighted by atomic mass is 9.96. The van der Waals surface area contributed by atoms with Crippen LogP contribution in [0.3, 0.4) is 0 Å². The minimum atomic E-state index is 0.484. The van der Waals surface area contributed by atoms with E-state index in [0.29, 0.717) is 12.5 Å². The Morgan fingerprint density at radius 3 is 2.73 bits per heavy atom. The fourth-order valence-corrected chi connectivity index (χ4v) is 2.94. The molecular weight excluding hydrogens is 258 g/mol. The van der Waals surface area contributed by atoms with Crippen molar-refractivity contribution in [2.45, 2.75) is 25.3 Å². The average molecular weight is 274 g/mol. The van der Waals surface area contributed by atoms with E-state index in [1.54, 1.807) is 0 Å². The molecule has 0 spiro atoms. The van der Waals surface area contributed by atoms with Crippen LogP contribution in [0, 0.1) is 0 Å². The largest absolute Gasteiger partial charge is 0.381 e. The molecule has 4 nitrogen and oxygen atoms in total. The SMILES string of the molecule is Cn1nc(CN)c(Br)c1C1CCOCC1. The Balaban J connectivity index is 2.29. The van der Waals surface area contributed by atoms with Crippen molar-refractivity contribution in [2.24, 2.45) is 12.8 Å². The molecule has 0 amide bonds. The Kier molecular flexibility index (Phi) is 3.43. The maximum Gasteiger partial charge on any atom is 0.0905 e. The lowest BCUT2D eigenvalue weighted by Gasteiger charge is -2.22. The van der Waals surface area contributed by atoms with E-state index in [-0.39, 0.29) is 0 Å². The van der Waals surface area contributed by atoms with Crippen molar-refractivity contribution in [1.82, 2.24) is 9.78 Å². The maximum atomic E-state index is 5.63. The first kappa shape index (κ1) is 11.1. The molecule has 0 aliphatic carbocycles. The van der Waals surface area contributed by atoms with Gasteiger partial charge in [0.05, 0.1) is 15.9 Å². The van der Waals surface area contributed by atoms with Gasteiger partial charge in [0.2, 0.25) is 0 Å². The van der Waals surface area contributed by atoms with Crippen molar-refractivity contribution in [2.75, 3.05) is 13.2 Å². The minimum absolute atomic E-state index is 0.484. The molecular formula is C10H16BrN3O. The maximum absolute atomic E-state index is 5.63. The summed E-state index contributed by atoms with van der Waals surface area (Å²) in [5, 5.41) is 4.41. The predicted molar refractivity (Wildman–Crippen MR) is 61.6 cm³/mol. The second-order valence-electron chi connectivity index (χ2n) is 3.86. The van der Waals surface area contributed by atoms with Gasteiger partial charge in [0.1, 0.15) is 0 Å². The molecule has 2 rings (SSSR count). The second kappa shape index (κ2) is 4.63. The molecule has 0 bridgehead atoms. The molecule has 0 atom stereocenters. The minimum Gasteiger partial charge on any atom is -0.381 e. The summed E-state index contributed by atoms with van der Waals surface area (Å²) in [6.07, 6.45) is 2.14. The molecule has 2 N–H and O–H groups in total. The number of hydrogen-bond donors (Lipinski definition) is 1. The molecule has 0 radical (unpaired) electrons. The molecule has 2 heterocycles. The van der Waals surface area contributed by atoms with Crippen molar-refractivity contribution >= 4 is 15.9 Å². The van der Waals surface area contributed by atoms with Crippen molar-refractivity contribution in [3.63, 3.8) is 0 Å². The number of rotatable bonds is 2. The van der Waals surface area contributed by atoms with Crippen LogP contribution >= 0.6 is 15.9 Å². The van der Waals surface area contributed by atoms with E-state index in [2.05, 4.69) is 21.0 Å². The molecule has 1 saturated heterocycles. The number of aryl methyl sites for hydroxylation is 1. The first-order valence-electron chi connectivity index (χ1n) is 5.23. The third kappa shape index (κ3) is 2.09. The number of nitrogens with two attached hydrogens (primary N) is 1. The average Bonchev–Trinajstić information content (AvgIpc) is 2.55. The molecule has 1 aliphatic heterocycles. The van der Waals surface area contributed by atoms with E-state index < -0.39 is 0 Å². The number of hydrogen-bond acceptors (Lipinski definition) is 3. The lowest BCUT2D eigenvalue weighted by Crippen LogP contribution is -2.17. The molecule has 1 fully saturated rings. The molecule has 0 aromatic carbocycles. The zero-order valence-corrected chi connectivity index (χ0v) is 10.5. The first-order chi connectivity index (χ1) is 7.24. The van der Waals surface area contributed by atoms with Crippen LogP contribution < -0.4 is 5.73 Å².